The lowest BCUT2D eigenvalue weighted by Gasteiger charge is -2.20. The van der Waals surface area contributed by atoms with Gasteiger partial charge in [-0.05, 0) is 24.3 Å². The van der Waals surface area contributed by atoms with E-state index in [4.69, 9.17) is 4.74 Å². The van der Waals surface area contributed by atoms with Crippen molar-refractivity contribution in [3.05, 3.63) is 24.3 Å². The van der Waals surface area contributed by atoms with E-state index in [2.05, 4.69) is 4.74 Å². The van der Waals surface area contributed by atoms with Crippen molar-refractivity contribution in [1.29, 1.82) is 0 Å². The second-order valence-corrected chi connectivity index (χ2v) is 5.71. The van der Waals surface area contributed by atoms with E-state index in [1.807, 2.05) is 24.3 Å². The zero-order valence-corrected chi connectivity index (χ0v) is 13.6. The molecule has 0 radical (unpaired) electrons. The van der Waals surface area contributed by atoms with Crippen molar-refractivity contribution in [3.8, 4) is 5.75 Å². The number of hydrogen-bond acceptors (Lipinski definition) is 5. The van der Waals surface area contributed by atoms with Crippen LogP contribution < -0.4 is 4.74 Å². The summed E-state index contributed by atoms with van der Waals surface area (Å²) < 4.78 is 9.73. The molecular formula is C15H21NO4S. The molecule has 1 atom stereocenters. The van der Waals surface area contributed by atoms with Crippen LogP contribution in [0.1, 0.15) is 6.92 Å². The fourth-order valence-corrected chi connectivity index (χ4v) is 2.55. The fourth-order valence-electron chi connectivity index (χ4n) is 1.72. The summed E-state index contributed by atoms with van der Waals surface area (Å²) in [6.07, 6.45) is 0. The van der Waals surface area contributed by atoms with Crippen LogP contribution in [-0.2, 0) is 14.3 Å². The van der Waals surface area contributed by atoms with Crippen molar-refractivity contribution in [2.24, 2.45) is 5.92 Å². The zero-order chi connectivity index (χ0) is 15.8. The lowest BCUT2D eigenvalue weighted by Crippen LogP contribution is -2.35. The van der Waals surface area contributed by atoms with Gasteiger partial charge in [-0.1, -0.05) is 6.92 Å². The summed E-state index contributed by atoms with van der Waals surface area (Å²) in [6, 6.07) is 7.54. The van der Waals surface area contributed by atoms with Crippen LogP contribution in [0.5, 0.6) is 5.75 Å². The van der Waals surface area contributed by atoms with Gasteiger partial charge in [0.05, 0.1) is 25.9 Å². The number of rotatable bonds is 7. The number of nitrogens with zero attached hydrogens (tertiary/aromatic N) is 1. The Morgan fingerprint density at radius 3 is 2.38 bits per heavy atom. The van der Waals surface area contributed by atoms with Gasteiger partial charge in [-0.25, -0.2) is 0 Å². The molecule has 0 spiro atoms. The molecule has 0 fully saturated rings. The van der Waals surface area contributed by atoms with E-state index in [9.17, 15) is 9.59 Å². The van der Waals surface area contributed by atoms with E-state index in [-0.39, 0.29) is 17.8 Å². The number of amides is 1. The van der Waals surface area contributed by atoms with Crippen molar-refractivity contribution < 1.29 is 19.1 Å². The first-order valence-corrected chi connectivity index (χ1v) is 7.55. The third-order valence-electron chi connectivity index (χ3n) is 3.00. The monoisotopic (exact) mass is 311 g/mol. The normalized spacial score (nSPS) is 11.6. The summed E-state index contributed by atoms with van der Waals surface area (Å²) in [4.78, 5) is 25.9. The summed E-state index contributed by atoms with van der Waals surface area (Å²) in [7, 11) is 4.65. The predicted molar refractivity (Wildman–Crippen MR) is 82.5 cm³/mol. The van der Waals surface area contributed by atoms with E-state index in [1.165, 1.54) is 18.9 Å². The SMILES string of the molecule is COC(=O)C(C)CN(C)C(=O)CSc1ccc(OC)cc1. The van der Waals surface area contributed by atoms with E-state index < -0.39 is 0 Å². The number of benzene rings is 1. The van der Waals surface area contributed by atoms with E-state index >= 15 is 0 Å². The van der Waals surface area contributed by atoms with Gasteiger partial charge in [-0.15, -0.1) is 11.8 Å². The van der Waals surface area contributed by atoms with E-state index in [1.54, 1.807) is 26.0 Å². The Hall–Kier alpha value is -1.69. The molecule has 1 unspecified atom stereocenters. The number of ether oxygens (including phenoxy) is 2. The summed E-state index contributed by atoms with van der Waals surface area (Å²) in [5.41, 5.74) is 0. The smallest absolute Gasteiger partial charge is 0.310 e. The summed E-state index contributed by atoms with van der Waals surface area (Å²) in [5.74, 6) is 0.463. The minimum absolute atomic E-state index is 0.0217. The van der Waals surface area contributed by atoms with Crippen molar-refractivity contribution in [1.82, 2.24) is 4.90 Å². The molecule has 0 bridgehead atoms. The van der Waals surface area contributed by atoms with Crippen molar-refractivity contribution in [2.45, 2.75) is 11.8 Å². The molecule has 0 saturated carbocycles. The van der Waals surface area contributed by atoms with Crippen molar-refractivity contribution in [2.75, 3.05) is 33.6 Å². The number of methoxy groups -OCH3 is 2. The highest BCUT2D eigenvalue weighted by atomic mass is 32.2. The third kappa shape index (κ3) is 5.67. The molecule has 6 heteroatoms. The summed E-state index contributed by atoms with van der Waals surface area (Å²) >= 11 is 1.45. The molecule has 0 aromatic heterocycles. The van der Waals surface area contributed by atoms with Crippen molar-refractivity contribution in [3.63, 3.8) is 0 Å². The average molecular weight is 311 g/mol. The molecule has 1 amide bonds. The van der Waals surface area contributed by atoms with Crippen LogP contribution in [0.4, 0.5) is 0 Å². The van der Waals surface area contributed by atoms with Crippen LogP contribution in [-0.4, -0.2) is 50.3 Å². The number of carbonyl (C=O) groups excluding carboxylic acids is 2. The van der Waals surface area contributed by atoms with Crippen LogP contribution in [0.15, 0.2) is 29.2 Å². The number of esters is 1. The van der Waals surface area contributed by atoms with Gasteiger partial charge < -0.3 is 14.4 Å². The van der Waals surface area contributed by atoms with Crippen LogP contribution in [0.25, 0.3) is 0 Å². The minimum atomic E-state index is -0.324. The quantitative estimate of drug-likeness (QED) is 0.570. The van der Waals surface area contributed by atoms with Gasteiger partial charge in [0, 0.05) is 18.5 Å². The first-order chi connectivity index (χ1) is 9.97. The fraction of sp³-hybridized carbons (Fsp3) is 0.467. The molecule has 0 aliphatic carbocycles. The molecule has 0 saturated heterocycles. The number of hydrogen-bond donors (Lipinski definition) is 0. The van der Waals surface area contributed by atoms with Crippen LogP contribution in [0.2, 0.25) is 0 Å². The van der Waals surface area contributed by atoms with Gasteiger partial charge in [0.25, 0.3) is 0 Å². The molecule has 1 aromatic rings. The maximum Gasteiger partial charge on any atom is 0.310 e. The highest BCUT2D eigenvalue weighted by Gasteiger charge is 2.18. The second kappa shape index (κ2) is 8.56. The van der Waals surface area contributed by atoms with Gasteiger partial charge in [0.15, 0.2) is 0 Å². The molecule has 1 aromatic carbocycles. The molecular weight excluding hydrogens is 290 g/mol. The largest absolute Gasteiger partial charge is 0.497 e. The molecule has 21 heavy (non-hydrogen) atoms. The Balaban J connectivity index is 2.43. The molecule has 0 aliphatic rings. The van der Waals surface area contributed by atoms with Crippen LogP contribution >= 0.6 is 11.8 Å². The topological polar surface area (TPSA) is 55.8 Å². The number of carbonyl (C=O) groups is 2. The summed E-state index contributed by atoms with van der Waals surface area (Å²) in [5, 5.41) is 0. The zero-order valence-electron chi connectivity index (χ0n) is 12.8. The lowest BCUT2D eigenvalue weighted by molar-refractivity contribution is -0.145. The maximum absolute atomic E-state index is 12.0. The molecule has 1 rings (SSSR count). The van der Waals surface area contributed by atoms with Gasteiger partial charge >= 0.3 is 5.97 Å². The Bertz CT molecular complexity index is 475. The first-order valence-electron chi connectivity index (χ1n) is 6.56. The second-order valence-electron chi connectivity index (χ2n) is 4.66. The van der Waals surface area contributed by atoms with Gasteiger partial charge in [0.1, 0.15) is 5.75 Å². The predicted octanol–water partition coefficient (Wildman–Crippen LogP) is 2.05. The molecule has 0 heterocycles. The highest BCUT2D eigenvalue weighted by molar-refractivity contribution is 8.00. The Kier molecular flexibility index (Phi) is 7.08. The molecule has 5 nitrogen and oxygen atoms in total. The van der Waals surface area contributed by atoms with E-state index in [0.717, 1.165) is 10.6 Å². The standard InChI is InChI=1S/C15H21NO4S/c1-11(15(18)20-4)9-16(2)14(17)10-21-13-7-5-12(19-3)6-8-13/h5-8,11H,9-10H2,1-4H3. The summed E-state index contributed by atoms with van der Waals surface area (Å²) in [6.45, 7) is 2.10. The maximum atomic E-state index is 12.0. The van der Waals surface area contributed by atoms with Gasteiger partial charge in [-0.2, -0.15) is 0 Å². The Morgan fingerprint density at radius 1 is 1.24 bits per heavy atom. The Morgan fingerprint density at radius 2 is 1.86 bits per heavy atom. The third-order valence-corrected chi connectivity index (χ3v) is 4.00. The van der Waals surface area contributed by atoms with Gasteiger partial charge in [-0.3, -0.25) is 9.59 Å². The minimum Gasteiger partial charge on any atom is -0.497 e. The molecule has 116 valence electrons. The molecule has 0 aliphatic heterocycles. The number of thioether (sulfide) groups is 1. The first kappa shape index (κ1) is 17.4. The lowest BCUT2D eigenvalue weighted by atomic mass is 10.2. The highest BCUT2D eigenvalue weighted by Crippen LogP contribution is 2.21. The molecule has 0 N–H and O–H groups in total. The Labute approximate surface area is 129 Å². The van der Waals surface area contributed by atoms with Crippen LogP contribution in [0, 0.1) is 5.92 Å². The van der Waals surface area contributed by atoms with Gasteiger partial charge in [0.2, 0.25) is 5.91 Å². The van der Waals surface area contributed by atoms with Crippen LogP contribution in [0.3, 0.4) is 0 Å². The van der Waals surface area contributed by atoms with E-state index in [0.29, 0.717) is 12.3 Å². The average Bonchev–Trinajstić information content (AvgIpc) is 2.51. The van der Waals surface area contributed by atoms with Crippen molar-refractivity contribution >= 4 is 23.6 Å².